The second-order valence-corrected chi connectivity index (χ2v) is 6.68. The van der Waals surface area contributed by atoms with Crippen molar-refractivity contribution in [2.24, 2.45) is 17.1 Å². The Hall–Kier alpha value is -0.570. The predicted octanol–water partition coefficient (Wildman–Crippen LogP) is 2.54. The van der Waals surface area contributed by atoms with Crippen LogP contribution in [0.1, 0.15) is 58.8 Å². The highest BCUT2D eigenvalue weighted by molar-refractivity contribution is 5.82. The summed E-state index contributed by atoms with van der Waals surface area (Å²) in [6.07, 6.45) is 8.56. The standard InChI is InChI=1S/C15H28N2O/c1-15(2,9-10-16)14(18)17-11-5-8-13(17)12-6-3-4-7-12/h12-13H,3-11,16H2,1-2H3. The van der Waals surface area contributed by atoms with E-state index in [-0.39, 0.29) is 5.41 Å². The smallest absolute Gasteiger partial charge is 0.228 e. The lowest BCUT2D eigenvalue weighted by atomic mass is 9.86. The van der Waals surface area contributed by atoms with Gasteiger partial charge in [-0.2, -0.15) is 0 Å². The van der Waals surface area contributed by atoms with Crippen LogP contribution in [0.5, 0.6) is 0 Å². The summed E-state index contributed by atoms with van der Waals surface area (Å²) in [7, 11) is 0. The van der Waals surface area contributed by atoms with E-state index >= 15 is 0 Å². The van der Waals surface area contributed by atoms with Crippen LogP contribution in [0.4, 0.5) is 0 Å². The fourth-order valence-electron chi connectivity index (χ4n) is 3.73. The highest BCUT2D eigenvalue weighted by Crippen LogP contribution is 2.37. The minimum atomic E-state index is -0.282. The van der Waals surface area contributed by atoms with Crippen LogP contribution in [-0.2, 0) is 4.79 Å². The summed E-state index contributed by atoms with van der Waals surface area (Å²) < 4.78 is 0. The summed E-state index contributed by atoms with van der Waals surface area (Å²) in [5, 5.41) is 0. The zero-order valence-electron chi connectivity index (χ0n) is 12.0. The van der Waals surface area contributed by atoms with Crippen LogP contribution >= 0.6 is 0 Å². The van der Waals surface area contributed by atoms with Crippen LogP contribution in [0.25, 0.3) is 0 Å². The van der Waals surface area contributed by atoms with E-state index in [0.29, 0.717) is 18.5 Å². The van der Waals surface area contributed by atoms with Crippen LogP contribution < -0.4 is 5.73 Å². The first-order valence-electron chi connectivity index (χ1n) is 7.57. The maximum Gasteiger partial charge on any atom is 0.228 e. The first-order chi connectivity index (χ1) is 8.56. The average molecular weight is 252 g/mol. The molecule has 3 nitrogen and oxygen atoms in total. The van der Waals surface area contributed by atoms with Crippen LogP contribution in [-0.4, -0.2) is 29.9 Å². The third kappa shape index (κ3) is 2.71. The van der Waals surface area contributed by atoms with Crippen molar-refractivity contribution in [1.82, 2.24) is 4.90 Å². The molecule has 0 aromatic heterocycles. The summed E-state index contributed by atoms with van der Waals surface area (Å²) >= 11 is 0. The molecule has 1 saturated heterocycles. The van der Waals surface area contributed by atoms with Gasteiger partial charge < -0.3 is 10.6 Å². The van der Waals surface area contributed by atoms with Crippen molar-refractivity contribution in [3.05, 3.63) is 0 Å². The van der Waals surface area contributed by atoms with Crippen molar-refractivity contribution in [3.63, 3.8) is 0 Å². The highest BCUT2D eigenvalue weighted by Gasteiger charge is 2.40. The molecule has 0 aromatic carbocycles. The number of hydrogen-bond donors (Lipinski definition) is 1. The van der Waals surface area contributed by atoms with Crippen LogP contribution in [0.3, 0.4) is 0 Å². The van der Waals surface area contributed by atoms with E-state index in [1.54, 1.807) is 0 Å². The van der Waals surface area contributed by atoms with Gasteiger partial charge in [0.1, 0.15) is 0 Å². The van der Waals surface area contributed by atoms with Gasteiger partial charge in [-0.25, -0.2) is 0 Å². The fourth-order valence-corrected chi connectivity index (χ4v) is 3.73. The van der Waals surface area contributed by atoms with E-state index in [1.165, 1.54) is 38.5 Å². The van der Waals surface area contributed by atoms with Crippen molar-refractivity contribution in [3.8, 4) is 0 Å². The molecule has 2 N–H and O–H groups in total. The molecule has 0 aromatic rings. The number of likely N-dealkylation sites (tertiary alicyclic amines) is 1. The summed E-state index contributed by atoms with van der Waals surface area (Å²) in [6, 6.07) is 0.525. The minimum Gasteiger partial charge on any atom is -0.339 e. The zero-order valence-corrected chi connectivity index (χ0v) is 12.0. The predicted molar refractivity (Wildman–Crippen MR) is 74.1 cm³/mol. The van der Waals surface area contributed by atoms with Crippen molar-refractivity contribution >= 4 is 5.91 Å². The lowest BCUT2D eigenvalue weighted by Crippen LogP contribution is -2.46. The molecular formula is C15H28N2O. The molecule has 2 rings (SSSR count). The van der Waals surface area contributed by atoms with Gasteiger partial charge >= 0.3 is 0 Å². The quantitative estimate of drug-likeness (QED) is 0.835. The number of carbonyl (C=O) groups excluding carboxylic acids is 1. The molecule has 1 unspecified atom stereocenters. The molecule has 3 heteroatoms. The molecule has 1 heterocycles. The Labute approximate surface area is 111 Å². The zero-order chi connectivity index (χ0) is 13.2. The number of carbonyl (C=O) groups is 1. The molecule has 2 aliphatic rings. The Morgan fingerprint density at radius 3 is 2.50 bits per heavy atom. The number of amides is 1. The molecule has 104 valence electrons. The second kappa shape index (κ2) is 5.60. The van der Waals surface area contributed by atoms with E-state index in [1.807, 2.05) is 13.8 Å². The number of rotatable bonds is 4. The molecular weight excluding hydrogens is 224 g/mol. The minimum absolute atomic E-state index is 0.282. The summed E-state index contributed by atoms with van der Waals surface area (Å²) in [6.45, 7) is 5.66. The van der Waals surface area contributed by atoms with Crippen molar-refractivity contribution in [1.29, 1.82) is 0 Å². The highest BCUT2D eigenvalue weighted by atomic mass is 16.2. The lowest BCUT2D eigenvalue weighted by Gasteiger charge is -2.35. The lowest BCUT2D eigenvalue weighted by molar-refractivity contribution is -0.142. The monoisotopic (exact) mass is 252 g/mol. The fraction of sp³-hybridized carbons (Fsp3) is 0.933. The summed E-state index contributed by atoms with van der Waals surface area (Å²) in [5.74, 6) is 1.10. The Morgan fingerprint density at radius 2 is 1.89 bits per heavy atom. The van der Waals surface area contributed by atoms with Crippen molar-refractivity contribution in [2.75, 3.05) is 13.1 Å². The molecule has 0 spiro atoms. The maximum absolute atomic E-state index is 12.7. The first-order valence-corrected chi connectivity index (χ1v) is 7.57. The molecule has 1 aliphatic heterocycles. The van der Waals surface area contributed by atoms with Gasteiger partial charge in [-0.1, -0.05) is 26.7 Å². The van der Waals surface area contributed by atoms with E-state index in [4.69, 9.17) is 5.73 Å². The van der Waals surface area contributed by atoms with Gasteiger partial charge in [0.05, 0.1) is 0 Å². The summed E-state index contributed by atoms with van der Waals surface area (Å²) in [5.41, 5.74) is 5.36. The largest absolute Gasteiger partial charge is 0.339 e. The first kappa shape index (κ1) is 13.9. The second-order valence-electron chi connectivity index (χ2n) is 6.68. The third-order valence-electron chi connectivity index (χ3n) is 4.85. The van der Waals surface area contributed by atoms with Gasteiger partial charge in [0.15, 0.2) is 0 Å². The van der Waals surface area contributed by atoms with E-state index in [0.717, 1.165) is 18.9 Å². The third-order valence-corrected chi connectivity index (χ3v) is 4.85. The van der Waals surface area contributed by atoms with Crippen LogP contribution in [0.2, 0.25) is 0 Å². The summed E-state index contributed by atoms with van der Waals surface area (Å²) in [4.78, 5) is 14.9. The SMILES string of the molecule is CC(C)(CCN)C(=O)N1CCCC1C1CCCC1. The molecule has 0 radical (unpaired) electrons. The maximum atomic E-state index is 12.7. The molecule has 0 bridgehead atoms. The Morgan fingerprint density at radius 1 is 1.22 bits per heavy atom. The van der Waals surface area contributed by atoms with Gasteiger partial charge in [-0.3, -0.25) is 4.79 Å². The molecule has 1 atom stereocenters. The Kier molecular flexibility index (Phi) is 4.31. The van der Waals surface area contributed by atoms with E-state index < -0.39 is 0 Å². The van der Waals surface area contributed by atoms with Gasteiger partial charge in [0.25, 0.3) is 0 Å². The topological polar surface area (TPSA) is 46.3 Å². The number of hydrogen-bond acceptors (Lipinski definition) is 2. The molecule has 18 heavy (non-hydrogen) atoms. The molecule has 1 aliphatic carbocycles. The van der Waals surface area contributed by atoms with Gasteiger partial charge in [-0.15, -0.1) is 0 Å². The van der Waals surface area contributed by atoms with Crippen LogP contribution in [0.15, 0.2) is 0 Å². The number of nitrogens with zero attached hydrogens (tertiary/aromatic N) is 1. The van der Waals surface area contributed by atoms with Gasteiger partial charge in [0.2, 0.25) is 5.91 Å². The average Bonchev–Trinajstić information content (AvgIpc) is 2.98. The normalized spacial score (nSPS) is 25.9. The van der Waals surface area contributed by atoms with Crippen molar-refractivity contribution in [2.45, 2.75) is 64.8 Å². The Bertz CT molecular complexity index is 295. The van der Waals surface area contributed by atoms with Gasteiger partial charge in [0, 0.05) is 18.0 Å². The Balaban J connectivity index is 2.04. The van der Waals surface area contributed by atoms with E-state index in [9.17, 15) is 4.79 Å². The number of nitrogens with two attached hydrogens (primary N) is 1. The van der Waals surface area contributed by atoms with Crippen molar-refractivity contribution < 1.29 is 4.79 Å². The van der Waals surface area contributed by atoms with Crippen LogP contribution in [0, 0.1) is 11.3 Å². The molecule has 2 fully saturated rings. The van der Waals surface area contributed by atoms with E-state index in [2.05, 4.69) is 4.90 Å². The van der Waals surface area contributed by atoms with Gasteiger partial charge in [-0.05, 0) is 44.6 Å². The molecule has 1 saturated carbocycles. The molecule has 1 amide bonds.